The zero-order valence-corrected chi connectivity index (χ0v) is 27.8. The molecule has 2 aliphatic rings. The minimum atomic E-state index is -1.22. The van der Waals surface area contributed by atoms with Crippen molar-refractivity contribution in [2.75, 3.05) is 20.2 Å². The van der Waals surface area contributed by atoms with Gasteiger partial charge in [0, 0.05) is 54.2 Å². The maximum absolute atomic E-state index is 15.3. The molecule has 1 amide bonds. The number of carbonyl (C=O) groups is 2. The Kier molecular flexibility index (Phi) is 7.87. The van der Waals surface area contributed by atoms with Gasteiger partial charge in [-0.15, -0.1) is 0 Å². The van der Waals surface area contributed by atoms with Gasteiger partial charge in [0.15, 0.2) is 5.82 Å². The van der Waals surface area contributed by atoms with E-state index < -0.39 is 35.3 Å². The van der Waals surface area contributed by atoms with E-state index in [2.05, 4.69) is 14.4 Å². The second-order valence-corrected chi connectivity index (χ2v) is 13.5. The van der Waals surface area contributed by atoms with E-state index in [1.165, 1.54) is 24.1 Å². The number of hydrogen-bond acceptors (Lipinski definition) is 9. The molecule has 8 rings (SSSR count). The quantitative estimate of drug-likeness (QED) is 0.138. The number of piperidine rings is 1. The van der Waals surface area contributed by atoms with Gasteiger partial charge in [-0.05, 0) is 72.7 Å². The van der Waals surface area contributed by atoms with Crippen molar-refractivity contribution in [2.24, 2.45) is 18.7 Å². The summed E-state index contributed by atoms with van der Waals surface area (Å²) in [6, 6.07) is 13.5. The van der Waals surface area contributed by atoms with Crippen molar-refractivity contribution < 1.29 is 38.4 Å². The molecule has 0 spiro atoms. The highest BCUT2D eigenvalue weighted by molar-refractivity contribution is 6.02. The van der Waals surface area contributed by atoms with Gasteiger partial charge in [0.05, 0.1) is 24.9 Å². The smallest absolute Gasteiger partial charge is 0.378 e. The van der Waals surface area contributed by atoms with Crippen LogP contribution in [0.4, 0.5) is 8.78 Å². The number of pyridine rings is 1. The molecular weight excluding hydrogens is 662 g/mol. The first-order valence-electron chi connectivity index (χ1n) is 16.6. The molecule has 6 aromatic rings. The minimum absolute atomic E-state index is 0.0128. The molecule has 3 aromatic carbocycles. The van der Waals surface area contributed by atoms with Crippen LogP contribution in [0, 0.1) is 11.7 Å². The van der Waals surface area contributed by atoms with Gasteiger partial charge in [0.1, 0.15) is 40.1 Å². The highest BCUT2D eigenvalue weighted by Crippen LogP contribution is 2.40. The van der Waals surface area contributed by atoms with Crippen molar-refractivity contribution in [1.82, 2.24) is 24.0 Å². The number of benzene rings is 3. The Bertz CT molecular complexity index is 2390. The van der Waals surface area contributed by atoms with Crippen LogP contribution in [-0.4, -0.2) is 78.7 Å². The van der Waals surface area contributed by atoms with Crippen molar-refractivity contribution >= 4 is 44.7 Å². The second kappa shape index (κ2) is 12.3. The number of nitrogens with two attached hydrogens (primary N) is 1. The topological polar surface area (TPSA) is 158 Å². The third kappa shape index (κ3) is 5.60. The number of amides is 1. The first-order chi connectivity index (χ1) is 24.5. The fourth-order valence-corrected chi connectivity index (χ4v) is 7.23. The number of imidazole rings is 1. The molecule has 3 aromatic heterocycles. The fraction of sp³-hybridized carbons (Fsp3) is 0.297. The number of aromatic nitrogens is 4. The van der Waals surface area contributed by atoms with Crippen LogP contribution in [0.3, 0.4) is 0 Å². The molecule has 1 aliphatic carbocycles. The minimum Gasteiger partial charge on any atom is -0.506 e. The van der Waals surface area contributed by atoms with Crippen molar-refractivity contribution in [3.8, 4) is 34.1 Å². The van der Waals surface area contributed by atoms with Crippen LogP contribution in [0.1, 0.15) is 40.0 Å². The summed E-state index contributed by atoms with van der Waals surface area (Å²) in [6.45, 7) is 0.960. The molecule has 4 heterocycles. The maximum Gasteiger partial charge on any atom is 0.378 e. The Hall–Kier alpha value is -5.60. The first kappa shape index (κ1) is 32.6. The van der Waals surface area contributed by atoms with Gasteiger partial charge in [-0.3, -0.25) is 14.7 Å². The summed E-state index contributed by atoms with van der Waals surface area (Å²) < 4.78 is 39.5. The average molecular weight is 697 g/mol. The molecule has 1 saturated carbocycles. The monoisotopic (exact) mass is 696 g/mol. The van der Waals surface area contributed by atoms with Crippen LogP contribution >= 0.6 is 0 Å². The highest BCUT2D eigenvalue weighted by atomic mass is 19.1. The molecule has 2 atom stereocenters. The Morgan fingerprint density at radius 1 is 1.08 bits per heavy atom. The van der Waals surface area contributed by atoms with E-state index >= 15 is 4.39 Å². The average Bonchev–Trinajstić information content (AvgIpc) is 3.79. The highest BCUT2D eigenvalue weighted by Gasteiger charge is 2.31. The van der Waals surface area contributed by atoms with Crippen LogP contribution in [-0.2, 0) is 18.5 Å². The molecule has 14 heteroatoms. The van der Waals surface area contributed by atoms with Gasteiger partial charge >= 0.3 is 5.97 Å². The number of aromatic hydroxyl groups is 1. The summed E-state index contributed by atoms with van der Waals surface area (Å²) in [5.41, 5.74) is 9.85. The molecule has 4 N–H and O–H groups in total. The van der Waals surface area contributed by atoms with Crippen molar-refractivity contribution in [3.05, 3.63) is 71.7 Å². The third-order valence-corrected chi connectivity index (χ3v) is 9.92. The van der Waals surface area contributed by atoms with Crippen LogP contribution < -0.4 is 10.5 Å². The van der Waals surface area contributed by atoms with Gasteiger partial charge in [-0.1, -0.05) is 12.1 Å². The zero-order chi connectivity index (χ0) is 35.7. The summed E-state index contributed by atoms with van der Waals surface area (Å²) in [7, 11) is 3.41. The number of likely N-dealkylation sites (tertiary alicyclic amines) is 1. The maximum atomic E-state index is 15.3. The molecule has 51 heavy (non-hydrogen) atoms. The van der Waals surface area contributed by atoms with Crippen LogP contribution in [0.25, 0.3) is 55.5 Å². The molecular formula is C37H34F2N6O6. The number of ether oxygens (including phenoxy) is 1. The summed E-state index contributed by atoms with van der Waals surface area (Å²) in [5.74, 6) is -1.25. The summed E-state index contributed by atoms with van der Waals surface area (Å²) in [6.07, 6.45) is 2.14. The number of halogens is 2. The van der Waals surface area contributed by atoms with E-state index in [-0.39, 0.29) is 36.3 Å². The van der Waals surface area contributed by atoms with Gasteiger partial charge in [-0.2, -0.15) is 5.26 Å². The molecule has 12 nitrogen and oxygen atoms in total. The predicted octanol–water partition coefficient (Wildman–Crippen LogP) is 5.81. The summed E-state index contributed by atoms with van der Waals surface area (Å²) in [5, 5.41) is 20.5. The molecule has 1 aliphatic heterocycles. The number of fused-ring (bicyclic) bond motifs is 3. The lowest BCUT2D eigenvalue weighted by Crippen LogP contribution is -2.50. The lowest BCUT2D eigenvalue weighted by atomic mass is 10.0. The number of hydrogen-bond donors (Lipinski definition) is 3. The first-order valence-corrected chi connectivity index (χ1v) is 16.6. The predicted molar refractivity (Wildman–Crippen MR) is 185 cm³/mol. The lowest BCUT2D eigenvalue weighted by molar-refractivity contribution is -0.183. The molecule has 0 unspecified atom stereocenters. The van der Waals surface area contributed by atoms with E-state index in [4.69, 9.17) is 20.7 Å². The SMILES string of the molecule is COc1cc(C(=O)N2C[C@H](N)C[C@@H](F)C2)cc2nc(-c3cc4ccc(-c5cc(F)c6ncc(C(=O)OO)c(O)c6c5)cc4n3CC3CC3)n(C)c12. The van der Waals surface area contributed by atoms with Crippen molar-refractivity contribution in [2.45, 2.75) is 38.0 Å². The number of methoxy groups -OCH3 is 1. The van der Waals surface area contributed by atoms with E-state index in [0.717, 1.165) is 42.2 Å². The largest absolute Gasteiger partial charge is 0.506 e. The Morgan fingerprint density at radius 2 is 1.88 bits per heavy atom. The van der Waals surface area contributed by atoms with Crippen molar-refractivity contribution in [1.29, 1.82) is 0 Å². The molecule has 0 bridgehead atoms. The zero-order valence-electron chi connectivity index (χ0n) is 27.8. The lowest BCUT2D eigenvalue weighted by Gasteiger charge is -2.33. The molecule has 2 fully saturated rings. The van der Waals surface area contributed by atoms with Crippen LogP contribution in [0.15, 0.2) is 54.7 Å². The number of rotatable bonds is 7. The van der Waals surface area contributed by atoms with E-state index in [1.54, 1.807) is 12.1 Å². The second-order valence-electron chi connectivity index (χ2n) is 13.5. The van der Waals surface area contributed by atoms with Gasteiger partial charge in [0.2, 0.25) is 0 Å². The third-order valence-electron chi connectivity index (χ3n) is 9.92. The Morgan fingerprint density at radius 3 is 2.61 bits per heavy atom. The molecule has 1 saturated heterocycles. The van der Waals surface area contributed by atoms with Crippen molar-refractivity contribution in [3.63, 3.8) is 0 Å². The number of carbonyl (C=O) groups excluding carboxylic acids is 2. The number of nitrogens with zero attached hydrogens (tertiary/aromatic N) is 5. The standard InChI is InChI=1S/C37H34F2N6O6/c1-43-33-28(9-22(12-31(33)50-2)36(47)44-16-23(38)13-24(40)17-44)42-35(43)30-11-20-6-5-19(10-29(20)45(30)15-18-3-4-18)21-7-25-32(27(39)8-21)41-14-26(34(25)46)37(48)51-49/h5-12,14,18,23-24,49H,3-4,13,15-17,40H2,1-2H3,(H,41,46)/t23-,24-/m1/s1. The Labute approximate surface area is 289 Å². The summed E-state index contributed by atoms with van der Waals surface area (Å²) in [4.78, 5) is 39.6. The number of aryl methyl sites for hydroxylation is 1. The Balaban J connectivity index is 1.24. The number of alkyl halides is 1. The fourth-order valence-electron chi connectivity index (χ4n) is 7.23. The van der Waals surface area contributed by atoms with E-state index in [0.29, 0.717) is 45.2 Å². The molecule has 0 radical (unpaired) electrons. The summed E-state index contributed by atoms with van der Waals surface area (Å²) >= 11 is 0. The molecule has 262 valence electrons. The van der Waals surface area contributed by atoms with Crippen LogP contribution in [0.2, 0.25) is 0 Å². The van der Waals surface area contributed by atoms with Gasteiger partial charge in [0.25, 0.3) is 5.91 Å². The van der Waals surface area contributed by atoms with Crippen LogP contribution in [0.5, 0.6) is 11.5 Å². The van der Waals surface area contributed by atoms with E-state index in [1.807, 2.05) is 35.9 Å². The van der Waals surface area contributed by atoms with E-state index in [9.17, 15) is 19.1 Å². The normalized spacial score (nSPS) is 17.8. The van der Waals surface area contributed by atoms with Gasteiger partial charge < -0.3 is 29.6 Å². The van der Waals surface area contributed by atoms with Gasteiger partial charge in [-0.25, -0.2) is 18.6 Å².